The van der Waals surface area contributed by atoms with Gasteiger partial charge in [-0.1, -0.05) is 29.8 Å². The van der Waals surface area contributed by atoms with Crippen LogP contribution in [0, 0.1) is 0 Å². The summed E-state index contributed by atoms with van der Waals surface area (Å²) < 4.78 is 11.5. The van der Waals surface area contributed by atoms with Crippen LogP contribution in [-0.2, 0) is 4.79 Å². The molecule has 0 radical (unpaired) electrons. The number of anilines is 1. The third-order valence-electron chi connectivity index (χ3n) is 4.77. The van der Waals surface area contributed by atoms with Crippen LogP contribution in [0.3, 0.4) is 0 Å². The van der Waals surface area contributed by atoms with E-state index in [1.807, 2.05) is 42.5 Å². The van der Waals surface area contributed by atoms with Gasteiger partial charge in [0.1, 0.15) is 11.5 Å². The fourth-order valence-corrected chi connectivity index (χ4v) is 3.85. The van der Waals surface area contributed by atoms with Gasteiger partial charge in [0.15, 0.2) is 11.5 Å². The highest BCUT2D eigenvalue weighted by molar-refractivity contribution is 9.10. The monoisotopic (exact) mass is 496 g/mol. The zero-order valence-corrected chi connectivity index (χ0v) is 19.1. The van der Waals surface area contributed by atoms with Gasteiger partial charge >= 0.3 is 0 Å². The number of nitrogens with zero attached hydrogens (tertiary/aromatic N) is 2. The number of carbonyl (C=O) groups excluding carboxylic acids is 1. The lowest BCUT2D eigenvalue weighted by Crippen LogP contribution is -2.32. The number of halogens is 2. The predicted octanol–water partition coefficient (Wildman–Crippen LogP) is 5.95. The van der Waals surface area contributed by atoms with Crippen molar-refractivity contribution < 1.29 is 14.3 Å². The summed E-state index contributed by atoms with van der Waals surface area (Å²) in [6.07, 6.45) is 1.73. The molecule has 3 aromatic rings. The van der Waals surface area contributed by atoms with Gasteiger partial charge in [-0.15, -0.1) is 0 Å². The highest BCUT2D eigenvalue weighted by atomic mass is 79.9. The number of ether oxygens (including phenoxy) is 2. The van der Waals surface area contributed by atoms with E-state index in [1.165, 1.54) is 0 Å². The van der Waals surface area contributed by atoms with Crippen LogP contribution in [0.2, 0.25) is 5.02 Å². The molecule has 5 nitrogen and oxygen atoms in total. The van der Waals surface area contributed by atoms with Gasteiger partial charge < -0.3 is 9.47 Å². The number of aliphatic imine (C=N–C) groups is 1. The molecule has 0 aliphatic carbocycles. The van der Waals surface area contributed by atoms with E-state index in [1.54, 1.807) is 49.5 Å². The van der Waals surface area contributed by atoms with Gasteiger partial charge in [-0.3, -0.25) is 9.69 Å². The van der Waals surface area contributed by atoms with Crippen molar-refractivity contribution in [2.75, 3.05) is 19.1 Å². The average Bonchev–Trinajstić information content (AvgIpc) is 3.10. The Morgan fingerprint density at radius 1 is 0.968 bits per heavy atom. The molecule has 0 bridgehead atoms. The summed E-state index contributed by atoms with van der Waals surface area (Å²) in [5.74, 6) is 1.49. The number of benzene rings is 3. The quantitative estimate of drug-likeness (QED) is 0.409. The lowest BCUT2D eigenvalue weighted by atomic mass is 10.1. The largest absolute Gasteiger partial charge is 0.493 e. The maximum Gasteiger partial charge on any atom is 0.282 e. The molecule has 4 rings (SSSR count). The van der Waals surface area contributed by atoms with Crippen LogP contribution < -0.4 is 14.4 Å². The minimum atomic E-state index is -0.230. The first kappa shape index (κ1) is 21.2. The third-order valence-corrected chi connectivity index (χ3v) is 5.69. The Balaban J connectivity index is 1.82. The SMILES string of the molecule is COc1ccc(C=C2N=C(c3ccc(Cl)cc3)N(c3ccccc3Br)C2=O)cc1OC. The van der Waals surface area contributed by atoms with Gasteiger partial charge in [0.25, 0.3) is 5.91 Å². The van der Waals surface area contributed by atoms with Gasteiger partial charge in [-0.25, -0.2) is 4.99 Å². The van der Waals surface area contributed by atoms with Gasteiger partial charge in [0, 0.05) is 15.1 Å². The van der Waals surface area contributed by atoms with Gasteiger partial charge in [-0.2, -0.15) is 0 Å². The van der Waals surface area contributed by atoms with E-state index in [0.29, 0.717) is 33.7 Å². The molecule has 0 spiro atoms. The van der Waals surface area contributed by atoms with Crippen molar-refractivity contribution in [3.63, 3.8) is 0 Å². The van der Waals surface area contributed by atoms with Crippen LogP contribution in [0.25, 0.3) is 6.08 Å². The number of amidine groups is 1. The maximum atomic E-state index is 13.4. The molecule has 156 valence electrons. The van der Waals surface area contributed by atoms with E-state index in [2.05, 4.69) is 20.9 Å². The molecule has 0 aromatic heterocycles. The van der Waals surface area contributed by atoms with Crippen molar-refractivity contribution in [2.45, 2.75) is 0 Å². The number of hydrogen-bond acceptors (Lipinski definition) is 4. The van der Waals surface area contributed by atoms with E-state index in [9.17, 15) is 4.79 Å². The van der Waals surface area contributed by atoms with Crippen molar-refractivity contribution >= 4 is 51.0 Å². The second-order valence-corrected chi connectivity index (χ2v) is 7.97. The predicted molar refractivity (Wildman–Crippen MR) is 127 cm³/mol. The average molecular weight is 498 g/mol. The van der Waals surface area contributed by atoms with Crippen molar-refractivity contribution in [3.8, 4) is 11.5 Å². The van der Waals surface area contributed by atoms with Gasteiger partial charge in [0.2, 0.25) is 0 Å². The Morgan fingerprint density at radius 2 is 1.68 bits per heavy atom. The van der Waals surface area contributed by atoms with Crippen molar-refractivity contribution in [1.82, 2.24) is 0 Å². The molecule has 7 heteroatoms. The zero-order chi connectivity index (χ0) is 22.0. The summed E-state index contributed by atoms with van der Waals surface area (Å²) >= 11 is 9.60. The lowest BCUT2D eigenvalue weighted by molar-refractivity contribution is -0.113. The minimum Gasteiger partial charge on any atom is -0.493 e. The Bertz CT molecular complexity index is 1210. The molecule has 1 amide bonds. The summed E-state index contributed by atoms with van der Waals surface area (Å²) in [7, 11) is 3.15. The Morgan fingerprint density at radius 3 is 2.35 bits per heavy atom. The number of para-hydroxylation sites is 1. The molecule has 0 N–H and O–H groups in total. The molecular weight excluding hydrogens is 480 g/mol. The number of hydrogen-bond donors (Lipinski definition) is 0. The summed E-state index contributed by atoms with van der Waals surface area (Å²) in [6, 6.07) is 20.2. The van der Waals surface area contributed by atoms with E-state index in [-0.39, 0.29) is 5.91 Å². The molecule has 3 aromatic carbocycles. The van der Waals surface area contributed by atoms with Crippen LogP contribution in [0.15, 0.2) is 81.9 Å². The van der Waals surface area contributed by atoms with E-state index in [4.69, 9.17) is 21.1 Å². The Hall–Kier alpha value is -3.09. The fourth-order valence-electron chi connectivity index (χ4n) is 3.27. The van der Waals surface area contributed by atoms with E-state index in [0.717, 1.165) is 15.6 Å². The molecular formula is C24H18BrClN2O3. The molecule has 0 saturated carbocycles. The van der Waals surface area contributed by atoms with Gasteiger partial charge in [0.05, 0.1) is 19.9 Å². The number of amides is 1. The summed E-state index contributed by atoms with van der Waals surface area (Å²) in [6.45, 7) is 0. The topological polar surface area (TPSA) is 51.1 Å². The molecule has 0 unspecified atom stereocenters. The van der Waals surface area contributed by atoms with E-state index < -0.39 is 0 Å². The van der Waals surface area contributed by atoms with E-state index >= 15 is 0 Å². The first-order valence-electron chi connectivity index (χ1n) is 9.39. The van der Waals surface area contributed by atoms with Crippen LogP contribution in [0.1, 0.15) is 11.1 Å². The third kappa shape index (κ3) is 4.22. The standard InChI is InChI=1S/C24H18BrClN2O3/c1-30-21-12-7-15(14-22(21)31-2)13-19-24(29)28(20-6-4-3-5-18(20)25)23(27-19)16-8-10-17(26)11-9-16/h3-14H,1-2H3. The highest BCUT2D eigenvalue weighted by Gasteiger charge is 2.33. The molecule has 1 aliphatic rings. The normalized spacial score (nSPS) is 14.7. The molecule has 1 aliphatic heterocycles. The van der Waals surface area contributed by atoms with Crippen molar-refractivity contribution in [3.05, 3.63) is 93.0 Å². The molecule has 31 heavy (non-hydrogen) atoms. The number of rotatable bonds is 5. The molecule has 1 heterocycles. The second-order valence-electron chi connectivity index (χ2n) is 6.68. The first-order valence-corrected chi connectivity index (χ1v) is 10.6. The maximum absolute atomic E-state index is 13.4. The van der Waals surface area contributed by atoms with Crippen LogP contribution in [0.4, 0.5) is 5.69 Å². The highest BCUT2D eigenvalue weighted by Crippen LogP contribution is 2.34. The van der Waals surface area contributed by atoms with Crippen LogP contribution in [0.5, 0.6) is 11.5 Å². The first-order chi connectivity index (χ1) is 15.0. The van der Waals surface area contributed by atoms with Gasteiger partial charge in [-0.05, 0) is 76.1 Å². The molecule has 0 fully saturated rings. The number of methoxy groups -OCH3 is 2. The zero-order valence-electron chi connectivity index (χ0n) is 16.8. The second kappa shape index (κ2) is 8.96. The fraction of sp³-hybridized carbons (Fsp3) is 0.0833. The van der Waals surface area contributed by atoms with Crippen molar-refractivity contribution in [1.29, 1.82) is 0 Å². The summed E-state index contributed by atoms with van der Waals surface area (Å²) in [5.41, 5.74) is 2.57. The smallest absolute Gasteiger partial charge is 0.282 e. The Labute approximate surface area is 193 Å². The minimum absolute atomic E-state index is 0.230. The van der Waals surface area contributed by atoms with Crippen LogP contribution >= 0.6 is 27.5 Å². The lowest BCUT2D eigenvalue weighted by Gasteiger charge is -2.20. The molecule has 0 atom stereocenters. The summed E-state index contributed by atoms with van der Waals surface area (Å²) in [4.78, 5) is 19.7. The summed E-state index contributed by atoms with van der Waals surface area (Å²) in [5, 5.41) is 0.613. The van der Waals surface area contributed by atoms with Crippen LogP contribution in [-0.4, -0.2) is 26.0 Å². The molecule has 0 saturated heterocycles. The number of carbonyl (C=O) groups is 1. The van der Waals surface area contributed by atoms with Crippen molar-refractivity contribution in [2.24, 2.45) is 4.99 Å². The Kier molecular flexibility index (Phi) is 6.11.